The maximum Gasteiger partial charge on any atom is 0.130 e. The summed E-state index contributed by atoms with van der Waals surface area (Å²) in [5, 5.41) is 0. The summed E-state index contributed by atoms with van der Waals surface area (Å²) < 4.78 is 12.4. The van der Waals surface area contributed by atoms with Crippen LogP contribution < -0.4 is 0 Å². The molecule has 26 heavy (non-hydrogen) atoms. The van der Waals surface area contributed by atoms with Crippen molar-refractivity contribution >= 4 is 0 Å². The minimum Gasteiger partial charge on any atom is -0.370 e. The lowest BCUT2D eigenvalue weighted by Gasteiger charge is -2.41. The van der Waals surface area contributed by atoms with Gasteiger partial charge in [-0.05, 0) is 12.8 Å². The molecule has 0 aromatic rings. The Kier molecular flexibility index (Phi) is 11.9. The fourth-order valence-corrected chi connectivity index (χ4v) is 4.47. The van der Waals surface area contributed by atoms with Crippen molar-refractivity contribution in [3.05, 3.63) is 0 Å². The van der Waals surface area contributed by atoms with Crippen LogP contribution in [0, 0.1) is 0 Å². The van der Waals surface area contributed by atoms with Gasteiger partial charge in [-0.3, -0.25) is 0 Å². The first kappa shape index (κ1) is 22.2. The highest BCUT2D eigenvalue weighted by Crippen LogP contribution is 2.21. The van der Waals surface area contributed by atoms with Gasteiger partial charge in [0.1, 0.15) is 25.7 Å². The zero-order valence-corrected chi connectivity index (χ0v) is 17.7. The average molecular weight is 369 g/mol. The highest BCUT2D eigenvalue weighted by molar-refractivity contribution is 4.70. The second-order valence-corrected chi connectivity index (χ2v) is 8.86. The third-order valence-electron chi connectivity index (χ3n) is 6.40. The van der Waals surface area contributed by atoms with Gasteiger partial charge in [0.05, 0.1) is 26.4 Å². The van der Waals surface area contributed by atoms with Crippen LogP contribution in [-0.4, -0.2) is 56.6 Å². The third-order valence-corrected chi connectivity index (χ3v) is 6.40. The van der Waals surface area contributed by atoms with Gasteiger partial charge in [-0.2, -0.15) is 0 Å². The first-order valence-electron chi connectivity index (χ1n) is 11.9. The lowest BCUT2D eigenvalue weighted by Crippen LogP contribution is -2.57. The fourth-order valence-electron chi connectivity index (χ4n) is 4.47. The Morgan fingerprint density at radius 1 is 0.692 bits per heavy atom. The van der Waals surface area contributed by atoms with Gasteiger partial charge in [0.15, 0.2) is 0 Å². The summed E-state index contributed by atoms with van der Waals surface area (Å²) in [7, 11) is 0. The summed E-state index contributed by atoms with van der Waals surface area (Å²) in [6.45, 7) is 10.2. The van der Waals surface area contributed by atoms with Crippen LogP contribution in [0.15, 0.2) is 0 Å². The van der Waals surface area contributed by atoms with Gasteiger partial charge in [0.2, 0.25) is 0 Å². The molecule has 0 aliphatic carbocycles. The van der Waals surface area contributed by atoms with Gasteiger partial charge in [-0.25, -0.2) is 0 Å². The molecule has 0 bridgehead atoms. The molecule has 154 valence electrons. The quantitative estimate of drug-likeness (QED) is 0.186. The van der Waals surface area contributed by atoms with Crippen LogP contribution in [0.25, 0.3) is 0 Å². The molecule has 3 heteroatoms. The number of morpholine rings is 1. The Labute approximate surface area is 163 Å². The van der Waals surface area contributed by atoms with Crippen molar-refractivity contribution in [1.82, 2.24) is 0 Å². The van der Waals surface area contributed by atoms with E-state index in [0.29, 0.717) is 6.10 Å². The van der Waals surface area contributed by atoms with Gasteiger partial charge >= 0.3 is 0 Å². The maximum absolute atomic E-state index is 5.59. The molecule has 0 aromatic carbocycles. The average Bonchev–Trinajstić information content (AvgIpc) is 3.46. The fraction of sp³-hybridized carbons (Fsp3) is 1.00. The normalized spacial score (nSPS) is 21.8. The number of ether oxygens (including phenoxy) is 2. The van der Waals surface area contributed by atoms with Gasteiger partial charge in [-0.15, -0.1) is 0 Å². The Bertz CT molecular complexity index is 324. The van der Waals surface area contributed by atoms with Crippen molar-refractivity contribution in [3.63, 3.8) is 0 Å². The van der Waals surface area contributed by atoms with Gasteiger partial charge in [0, 0.05) is 0 Å². The molecule has 0 saturated carbocycles. The minimum absolute atomic E-state index is 0.555. The molecule has 2 aliphatic heterocycles. The van der Waals surface area contributed by atoms with E-state index in [9.17, 15) is 0 Å². The van der Waals surface area contributed by atoms with E-state index in [0.717, 1.165) is 19.8 Å². The monoisotopic (exact) mass is 368 g/mol. The van der Waals surface area contributed by atoms with Crippen LogP contribution in [0.2, 0.25) is 0 Å². The molecule has 3 nitrogen and oxygen atoms in total. The summed E-state index contributed by atoms with van der Waals surface area (Å²) in [6.07, 6.45) is 20.8. The Hall–Kier alpha value is -0.120. The lowest BCUT2D eigenvalue weighted by atomic mass is 10.0. The molecule has 0 spiro atoms. The SMILES string of the molecule is CCCCCCCCCCCCCCCC[N+]1(C[C@H]2CO2)CCOCC1. The molecule has 2 fully saturated rings. The zero-order valence-electron chi connectivity index (χ0n) is 17.7. The second kappa shape index (κ2) is 14.0. The summed E-state index contributed by atoms with van der Waals surface area (Å²) in [4.78, 5) is 0. The molecular weight excluding hydrogens is 322 g/mol. The lowest BCUT2D eigenvalue weighted by molar-refractivity contribution is -0.935. The predicted octanol–water partition coefficient (Wildman–Crippen LogP) is 5.71. The molecule has 0 unspecified atom stereocenters. The Balaban J connectivity index is 1.36. The summed E-state index contributed by atoms with van der Waals surface area (Å²) >= 11 is 0. The van der Waals surface area contributed by atoms with Crippen molar-refractivity contribution < 1.29 is 14.0 Å². The number of nitrogens with zero attached hydrogens (tertiary/aromatic N) is 1. The van der Waals surface area contributed by atoms with Gasteiger partial charge < -0.3 is 14.0 Å². The van der Waals surface area contributed by atoms with Crippen LogP contribution in [0.3, 0.4) is 0 Å². The number of unbranched alkanes of at least 4 members (excludes halogenated alkanes) is 13. The number of hydrogen-bond donors (Lipinski definition) is 0. The largest absolute Gasteiger partial charge is 0.370 e. The first-order chi connectivity index (χ1) is 12.8. The maximum atomic E-state index is 5.59. The van der Waals surface area contributed by atoms with Crippen LogP contribution in [-0.2, 0) is 9.47 Å². The van der Waals surface area contributed by atoms with Crippen molar-refractivity contribution in [2.45, 2.75) is 103 Å². The standard InChI is InChI=1S/C23H46NO2/c1-2-3-4-5-6-7-8-9-10-11-12-13-14-15-16-24(21-23-22-26-23)17-19-25-20-18-24/h23H,2-22H2,1H3/q+1/t23-/m0/s1. The van der Waals surface area contributed by atoms with Crippen molar-refractivity contribution in [2.75, 3.05) is 46.0 Å². The van der Waals surface area contributed by atoms with E-state index >= 15 is 0 Å². The first-order valence-corrected chi connectivity index (χ1v) is 11.9. The summed E-state index contributed by atoms with van der Waals surface area (Å²) in [6, 6.07) is 0. The second-order valence-electron chi connectivity index (χ2n) is 8.86. The molecule has 2 aliphatic rings. The minimum atomic E-state index is 0.555. The van der Waals surface area contributed by atoms with E-state index in [4.69, 9.17) is 9.47 Å². The topological polar surface area (TPSA) is 21.8 Å². The van der Waals surface area contributed by atoms with Crippen LogP contribution >= 0.6 is 0 Å². The molecule has 0 radical (unpaired) electrons. The number of quaternary nitrogens is 1. The molecular formula is C23H46NO2+. The molecule has 0 amide bonds. The Morgan fingerprint density at radius 2 is 1.15 bits per heavy atom. The smallest absolute Gasteiger partial charge is 0.130 e. The number of rotatable bonds is 17. The van der Waals surface area contributed by atoms with Crippen LogP contribution in [0.5, 0.6) is 0 Å². The number of hydrogen-bond acceptors (Lipinski definition) is 2. The van der Waals surface area contributed by atoms with E-state index in [1.807, 2.05) is 0 Å². The van der Waals surface area contributed by atoms with Gasteiger partial charge in [-0.1, -0.05) is 84.0 Å². The highest BCUT2D eigenvalue weighted by atomic mass is 16.6. The highest BCUT2D eigenvalue weighted by Gasteiger charge is 2.37. The summed E-state index contributed by atoms with van der Waals surface area (Å²) in [5.74, 6) is 0. The van der Waals surface area contributed by atoms with Crippen molar-refractivity contribution in [3.8, 4) is 0 Å². The predicted molar refractivity (Wildman–Crippen MR) is 111 cm³/mol. The number of epoxide rings is 1. The van der Waals surface area contributed by atoms with Gasteiger partial charge in [0.25, 0.3) is 0 Å². The van der Waals surface area contributed by atoms with E-state index in [2.05, 4.69) is 6.92 Å². The molecule has 0 N–H and O–H groups in total. The van der Waals surface area contributed by atoms with Crippen LogP contribution in [0.1, 0.15) is 96.8 Å². The zero-order chi connectivity index (χ0) is 18.3. The van der Waals surface area contributed by atoms with E-state index < -0.39 is 0 Å². The van der Waals surface area contributed by atoms with E-state index in [-0.39, 0.29) is 0 Å². The molecule has 0 aromatic heterocycles. The van der Waals surface area contributed by atoms with E-state index in [1.54, 1.807) is 0 Å². The Morgan fingerprint density at radius 3 is 1.62 bits per heavy atom. The molecule has 2 heterocycles. The van der Waals surface area contributed by atoms with Crippen molar-refractivity contribution in [2.24, 2.45) is 0 Å². The van der Waals surface area contributed by atoms with E-state index in [1.165, 1.54) is 121 Å². The van der Waals surface area contributed by atoms with Crippen molar-refractivity contribution in [1.29, 1.82) is 0 Å². The van der Waals surface area contributed by atoms with Crippen LogP contribution in [0.4, 0.5) is 0 Å². The molecule has 1 atom stereocenters. The molecule has 2 saturated heterocycles. The third kappa shape index (κ3) is 10.3. The molecule has 2 rings (SSSR count). The summed E-state index contributed by atoms with van der Waals surface area (Å²) in [5.41, 5.74) is 0.